The Labute approximate surface area is 222 Å². The van der Waals surface area contributed by atoms with E-state index in [1.165, 1.54) is 48.0 Å². The van der Waals surface area contributed by atoms with E-state index in [-0.39, 0.29) is 21.9 Å². The Kier molecular flexibility index (Phi) is 7.16. The topological polar surface area (TPSA) is 60.8 Å². The van der Waals surface area contributed by atoms with E-state index in [2.05, 4.69) is 0 Å². The summed E-state index contributed by atoms with van der Waals surface area (Å²) in [4.78, 5) is 27.8. The Morgan fingerprint density at radius 3 is 2.32 bits per heavy atom. The van der Waals surface area contributed by atoms with Crippen LogP contribution in [0.3, 0.4) is 0 Å². The number of benzene rings is 2. The summed E-state index contributed by atoms with van der Waals surface area (Å²) in [7, 11) is 2.67. The van der Waals surface area contributed by atoms with Crippen molar-refractivity contribution in [1.29, 1.82) is 0 Å². The number of carbonyl (C=O) groups is 2. The lowest BCUT2D eigenvalue weighted by Crippen LogP contribution is -2.24. The lowest BCUT2D eigenvalue weighted by Gasteiger charge is -2.19. The Hall–Kier alpha value is -3.98. The van der Waals surface area contributed by atoms with Crippen molar-refractivity contribution in [2.24, 2.45) is 0 Å². The summed E-state index contributed by atoms with van der Waals surface area (Å²) in [5.41, 5.74) is 1.47. The molecule has 1 aromatic heterocycles. The van der Waals surface area contributed by atoms with Gasteiger partial charge in [-0.05, 0) is 68.8 Å². The predicted octanol–water partition coefficient (Wildman–Crippen LogP) is 6.65. The van der Waals surface area contributed by atoms with Crippen LogP contribution in [0.25, 0.3) is 11.8 Å². The number of aryl methyl sites for hydroxylation is 1. The van der Waals surface area contributed by atoms with Crippen molar-refractivity contribution >= 4 is 35.2 Å². The van der Waals surface area contributed by atoms with Crippen LogP contribution in [0.4, 0.5) is 18.9 Å². The molecule has 0 N–H and O–H groups in total. The molecule has 0 spiro atoms. The lowest BCUT2D eigenvalue weighted by atomic mass is 10.0. The molecule has 10 heteroatoms. The molecule has 0 aliphatic carbocycles. The molecule has 198 valence electrons. The molecule has 0 fully saturated rings. The number of carbonyl (C=O) groups excluding carboxylic acids is 2. The van der Waals surface area contributed by atoms with E-state index in [1.807, 2.05) is 0 Å². The number of amides is 1. The van der Waals surface area contributed by atoms with Crippen molar-refractivity contribution < 1.29 is 32.2 Å². The maximum atomic E-state index is 13.7. The van der Waals surface area contributed by atoms with Gasteiger partial charge in [0.05, 0.1) is 47.3 Å². The standard InChI is InChI=1S/C28H24ClF3N2O4/c1-15-12-18(16(2)33(15)23-9-7-6-8-21(23)28(30,31)32)13-20-25(27(36)38-5)17(3)34(26(20)35)19-10-11-24(37-4)22(29)14-19/h6-14H,1-5H3/b20-13-. The summed E-state index contributed by atoms with van der Waals surface area (Å²) in [6.45, 7) is 4.93. The maximum Gasteiger partial charge on any atom is 0.418 e. The molecule has 2 heterocycles. The molecule has 1 aliphatic heterocycles. The van der Waals surface area contributed by atoms with Gasteiger partial charge in [-0.3, -0.25) is 9.69 Å². The number of rotatable bonds is 5. The highest BCUT2D eigenvalue weighted by molar-refractivity contribution is 6.32. The molecular weight excluding hydrogens is 521 g/mol. The minimum Gasteiger partial charge on any atom is -0.495 e. The van der Waals surface area contributed by atoms with Crippen LogP contribution in [-0.4, -0.2) is 30.7 Å². The van der Waals surface area contributed by atoms with Gasteiger partial charge in [-0.25, -0.2) is 4.79 Å². The number of ether oxygens (including phenoxy) is 2. The molecule has 0 unspecified atom stereocenters. The maximum absolute atomic E-state index is 13.7. The van der Waals surface area contributed by atoms with Gasteiger partial charge in [0.1, 0.15) is 5.75 Å². The van der Waals surface area contributed by atoms with Crippen molar-refractivity contribution in [3.8, 4) is 11.4 Å². The van der Waals surface area contributed by atoms with Crippen LogP contribution in [0.5, 0.6) is 5.75 Å². The summed E-state index contributed by atoms with van der Waals surface area (Å²) in [6, 6.07) is 11.7. The number of halogens is 4. The average molecular weight is 545 g/mol. The lowest BCUT2D eigenvalue weighted by molar-refractivity contribution is -0.137. The van der Waals surface area contributed by atoms with Gasteiger partial charge in [-0.2, -0.15) is 13.2 Å². The Morgan fingerprint density at radius 1 is 1.03 bits per heavy atom. The number of methoxy groups -OCH3 is 2. The second-order valence-electron chi connectivity index (χ2n) is 8.65. The molecule has 0 atom stereocenters. The first-order valence-electron chi connectivity index (χ1n) is 11.5. The van der Waals surface area contributed by atoms with Crippen molar-refractivity contribution in [2.75, 3.05) is 19.1 Å². The molecule has 1 aliphatic rings. The number of para-hydroxylation sites is 1. The monoisotopic (exact) mass is 544 g/mol. The van der Waals surface area contributed by atoms with Gasteiger partial charge >= 0.3 is 12.1 Å². The second-order valence-corrected chi connectivity index (χ2v) is 9.05. The first-order valence-corrected chi connectivity index (χ1v) is 11.8. The fourth-order valence-corrected chi connectivity index (χ4v) is 4.91. The second kappa shape index (κ2) is 10.1. The third-order valence-electron chi connectivity index (χ3n) is 6.40. The smallest absolute Gasteiger partial charge is 0.418 e. The zero-order valence-electron chi connectivity index (χ0n) is 21.2. The van der Waals surface area contributed by atoms with E-state index in [9.17, 15) is 22.8 Å². The van der Waals surface area contributed by atoms with Crippen molar-refractivity contribution in [2.45, 2.75) is 26.9 Å². The summed E-state index contributed by atoms with van der Waals surface area (Å²) >= 11 is 6.27. The van der Waals surface area contributed by atoms with Crippen LogP contribution in [0, 0.1) is 13.8 Å². The fourth-order valence-electron chi connectivity index (χ4n) is 4.65. The van der Waals surface area contributed by atoms with E-state index in [0.29, 0.717) is 34.1 Å². The van der Waals surface area contributed by atoms with Crippen molar-refractivity contribution in [3.05, 3.63) is 92.9 Å². The van der Waals surface area contributed by atoms with Crippen LogP contribution in [0.2, 0.25) is 5.02 Å². The average Bonchev–Trinajstić information content (AvgIpc) is 3.28. The normalized spacial score (nSPS) is 15.0. The summed E-state index contributed by atoms with van der Waals surface area (Å²) in [6.07, 6.45) is -3.06. The van der Waals surface area contributed by atoms with E-state index < -0.39 is 23.6 Å². The highest BCUT2D eigenvalue weighted by Gasteiger charge is 2.39. The van der Waals surface area contributed by atoms with Crippen LogP contribution >= 0.6 is 11.6 Å². The van der Waals surface area contributed by atoms with E-state index >= 15 is 0 Å². The Bertz CT molecular complexity index is 1520. The van der Waals surface area contributed by atoms with Crippen LogP contribution in [-0.2, 0) is 20.5 Å². The SMILES string of the molecule is COC(=O)C1=C(C)N(c2ccc(OC)c(Cl)c2)C(=O)/C1=C\c1cc(C)n(-c2ccccc2C(F)(F)F)c1C. The molecule has 0 radical (unpaired) electrons. The summed E-state index contributed by atoms with van der Waals surface area (Å²) in [5, 5.41) is 0.273. The van der Waals surface area contributed by atoms with Gasteiger partial charge in [-0.15, -0.1) is 0 Å². The van der Waals surface area contributed by atoms with Crippen LogP contribution in [0.1, 0.15) is 29.4 Å². The molecule has 2 aromatic carbocycles. The zero-order valence-corrected chi connectivity index (χ0v) is 22.0. The quantitative estimate of drug-likeness (QED) is 0.266. The Morgan fingerprint density at radius 2 is 1.71 bits per heavy atom. The Balaban J connectivity index is 1.87. The minimum absolute atomic E-state index is 0.0354. The van der Waals surface area contributed by atoms with E-state index in [0.717, 1.165) is 6.07 Å². The first-order chi connectivity index (χ1) is 17.9. The number of hydrogen-bond acceptors (Lipinski definition) is 4. The highest BCUT2D eigenvalue weighted by Crippen LogP contribution is 2.40. The molecular formula is C28H24ClF3N2O4. The third kappa shape index (κ3) is 4.58. The van der Waals surface area contributed by atoms with E-state index in [1.54, 1.807) is 45.0 Å². The van der Waals surface area contributed by atoms with Gasteiger partial charge in [0.2, 0.25) is 0 Å². The molecule has 0 saturated heterocycles. The minimum atomic E-state index is -4.56. The number of nitrogens with zero attached hydrogens (tertiary/aromatic N) is 2. The molecule has 6 nitrogen and oxygen atoms in total. The number of hydrogen-bond donors (Lipinski definition) is 0. The molecule has 38 heavy (non-hydrogen) atoms. The van der Waals surface area contributed by atoms with Crippen molar-refractivity contribution in [1.82, 2.24) is 4.57 Å². The molecule has 1 amide bonds. The summed E-state index contributed by atoms with van der Waals surface area (Å²) in [5.74, 6) is -0.815. The van der Waals surface area contributed by atoms with Crippen LogP contribution in [0.15, 0.2) is 65.4 Å². The first kappa shape index (κ1) is 27.1. The van der Waals surface area contributed by atoms with Gasteiger partial charge < -0.3 is 14.0 Å². The third-order valence-corrected chi connectivity index (χ3v) is 6.70. The van der Waals surface area contributed by atoms with Gasteiger partial charge in [-0.1, -0.05) is 23.7 Å². The number of esters is 1. The van der Waals surface area contributed by atoms with Crippen LogP contribution < -0.4 is 9.64 Å². The highest BCUT2D eigenvalue weighted by atomic mass is 35.5. The molecule has 3 aromatic rings. The van der Waals surface area contributed by atoms with Gasteiger partial charge in [0, 0.05) is 17.1 Å². The molecule has 0 bridgehead atoms. The molecule has 4 rings (SSSR count). The van der Waals surface area contributed by atoms with Crippen molar-refractivity contribution in [3.63, 3.8) is 0 Å². The van der Waals surface area contributed by atoms with Gasteiger partial charge in [0.15, 0.2) is 0 Å². The number of allylic oxidation sites excluding steroid dienone is 1. The number of alkyl halides is 3. The predicted molar refractivity (Wildman–Crippen MR) is 138 cm³/mol. The number of anilines is 1. The molecule has 0 saturated carbocycles. The fraction of sp³-hybridized carbons (Fsp3) is 0.214. The number of aromatic nitrogens is 1. The summed E-state index contributed by atoms with van der Waals surface area (Å²) < 4.78 is 52.8. The van der Waals surface area contributed by atoms with Gasteiger partial charge in [0.25, 0.3) is 5.91 Å². The largest absolute Gasteiger partial charge is 0.495 e. The van der Waals surface area contributed by atoms with E-state index in [4.69, 9.17) is 21.1 Å². The zero-order chi connectivity index (χ0) is 27.9.